The maximum absolute atomic E-state index is 12.3. The molecule has 0 spiro atoms. The zero-order valence-electron chi connectivity index (χ0n) is 16.9. The van der Waals surface area contributed by atoms with Crippen LogP contribution in [0, 0.1) is 0 Å². The summed E-state index contributed by atoms with van der Waals surface area (Å²) in [7, 11) is 3.10. The standard InChI is InChI=1S/C21H25BrN2O5/c1-13(2)29-18-9-7-15(12-19(18)28-4)21(26)24-23-20(25)10-6-14-5-8-17(27-3)16(22)11-14/h5,7-9,11-13H,6,10H2,1-4H3,(H,23,25)(H,24,26). The van der Waals surface area contributed by atoms with E-state index < -0.39 is 5.91 Å². The zero-order valence-corrected chi connectivity index (χ0v) is 18.5. The van der Waals surface area contributed by atoms with Gasteiger partial charge in [0, 0.05) is 12.0 Å². The van der Waals surface area contributed by atoms with Gasteiger partial charge in [-0.05, 0) is 72.1 Å². The fourth-order valence-electron chi connectivity index (χ4n) is 2.54. The van der Waals surface area contributed by atoms with Gasteiger partial charge < -0.3 is 14.2 Å². The normalized spacial score (nSPS) is 10.4. The molecule has 0 aliphatic carbocycles. The number of carbonyl (C=O) groups is 2. The second-order valence-electron chi connectivity index (χ2n) is 6.50. The first-order chi connectivity index (χ1) is 13.8. The van der Waals surface area contributed by atoms with E-state index in [1.807, 2.05) is 32.0 Å². The minimum atomic E-state index is -0.445. The smallest absolute Gasteiger partial charge is 0.269 e. The minimum Gasteiger partial charge on any atom is -0.496 e. The van der Waals surface area contributed by atoms with Crippen molar-refractivity contribution in [2.75, 3.05) is 14.2 Å². The summed E-state index contributed by atoms with van der Waals surface area (Å²) in [6.45, 7) is 3.81. The largest absolute Gasteiger partial charge is 0.496 e. The Labute approximate surface area is 178 Å². The Balaban J connectivity index is 1.88. The van der Waals surface area contributed by atoms with Crippen molar-refractivity contribution in [3.63, 3.8) is 0 Å². The van der Waals surface area contributed by atoms with Crippen molar-refractivity contribution in [3.8, 4) is 17.2 Å². The second-order valence-corrected chi connectivity index (χ2v) is 7.36. The third-order valence-electron chi connectivity index (χ3n) is 3.96. The molecule has 0 aliphatic rings. The Morgan fingerprint density at radius 1 is 0.966 bits per heavy atom. The highest BCUT2D eigenvalue weighted by Gasteiger charge is 2.13. The first kappa shape index (κ1) is 22.5. The average Bonchev–Trinajstić information content (AvgIpc) is 2.70. The average molecular weight is 465 g/mol. The highest BCUT2D eigenvalue weighted by molar-refractivity contribution is 9.10. The molecule has 0 atom stereocenters. The molecule has 8 heteroatoms. The van der Waals surface area contributed by atoms with Crippen LogP contribution in [0.4, 0.5) is 0 Å². The van der Waals surface area contributed by atoms with Crippen molar-refractivity contribution in [2.45, 2.75) is 32.8 Å². The predicted molar refractivity (Wildman–Crippen MR) is 113 cm³/mol. The van der Waals surface area contributed by atoms with Gasteiger partial charge in [0.05, 0.1) is 24.8 Å². The van der Waals surface area contributed by atoms with Crippen molar-refractivity contribution in [1.29, 1.82) is 0 Å². The Morgan fingerprint density at radius 2 is 1.66 bits per heavy atom. The lowest BCUT2D eigenvalue weighted by Gasteiger charge is -2.14. The third kappa shape index (κ3) is 6.67. The number of nitrogens with one attached hydrogen (secondary N) is 2. The number of halogens is 1. The highest BCUT2D eigenvalue weighted by Crippen LogP contribution is 2.29. The van der Waals surface area contributed by atoms with Gasteiger partial charge in [0.1, 0.15) is 5.75 Å². The number of amides is 2. The molecule has 2 N–H and O–H groups in total. The summed E-state index contributed by atoms with van der Waals surface area (Å²) < 4.78 is 16.9. The van der Waals surface area contributed by atoms with Crippen LogP contribution in [0.2, 0.25) is 0 Å². The molecular formula is C21H25BrN2O5. The lowest BCUT2D eigenvalue weighted by molar-refractivity contribution is -0.121. The topological polar surface area (TPSA) is 85.9 Å². The number of methoxy groups -OCH3 is 2. The van der Waals surface area contributed by atoms with Crippen LogP contribution in [0.5, 0.6) is 17.2 Å². The predicted octanol–water partition coefficient (Wildman–Crippen LogP) is 3.65. The van der Waals surface area contributed by atoms with Gasteiger partial charge in [0.15, 0.2) is 11.5 Å². The van der Waals surface area contributed by atoms with Gasteiger partial charge in [-0.15, -0.1) is 0 Å². The van der Waals surface area contributed by atoms with Crippen LogP contribution in [0.15, 0.2) is 40.9 Å². The Bertz CT molecular complexity index is 870. The highest BCUT2D eigenvalue weighted by atomic mass is 79.9. The van der Waals surface area contributed by atoms with E-state index in [-0.39, 0.29) is 18.4 Å². The van der Waals surface area contributed by atoms with Crippen LogP contribution in [-0.4, -0.2) is 32.1 Å². The number of carbonyl (C=O) groups excluding carboxylic acids is 2. The Hall–Kier alpha value is -2.74. The van der Waals surface area contributed by atoms with Gasteiger partial charge in [0.25, 0.3) is 5.91 Å². The summed E-state index contributed by atoms with van der Waals surface area (Å²) in [6, 6.07) is 10.5. The molecule has 0 aliphatic heterocycles. The summed E-state index contributed by atoms with van der Waals surface area (Å²) in [6.07, 6.45) is 0.734. The quantitative estimate of drug-likeness (QED) is 0.582. The summed E-state index contributed by atoms with van der Waals surface area (Å²) >= 11 is 3.42. The Kier molecular flexibility index (Phi) is 8.33. The van der Waals surface area contributed by atoms with Gasteiger partial charge >= 0.3 is 0 Å². The molecular weight excluding hydrogens is 440 g/mol. The number of hydrazine groups is 1. The van der Waals surface area contributed by atoms with Crippen molar-refractivity contribution < 1.29 is 23.8 Å². The molecule has 2 amide bonds. The molecule has 2 rings (SSSR count). The van der Waals surface area contributed by atoms with E-state index in [4.69, 9.17) is 14.2 Å². The number of ether oxygens (including phenoxy) is 3. The van der Waals surface area contributed by atoms with Crippen LogP contribution >= 0.6 is 15.9 Å². The second kappa shape index (κ2) is 10.7. The molecule has 7 nitrogen and oxygen atoms in total. The van der Waals surface area contributed by atoms with Crippen molar-refractivity contribution in [2.24, 2.45) is 0 Å². The van der Waals surface area contributed by atoms with Crippen molar-refractivity contribution in [3.05, 3.63) is 52.0 Å². The molecule has 0 radical (unpaired) electrons. The molecule has 0 bridgehead atoms. The van der Waals surface area contributed by atoms with Gasteiger partial charge in [-0.1, -0.05) is 6.07 Å². The molecule has 0 saturated heterocycles. The van der Waals surface area contributed by atoms with Crippen LogP contribution in [0.3, 0.4) is 0 Å². The first-order valence-electron chi connectivity index (χ1n) is 9.10. The monoisotopic (exact) mass is 464 g/mol. The summed E-state index contributed by atoms with van der Waals surface area (Å²) in [5, 5.41) is 0. The molecule has 0 saturated carbocycles. The lowest BCUT2D eigenvalue weighted by atomic mass is 10.1. The summed E-state index contributed by atoms with van der Waals surface area (Å²) in [5.41, 5.74) is 6.16. The maximum atomic E-state index is 12.3. The number of benzene rings is 2. The van der Waals surface area contributed by atoms with E-state index in [1.165, 1.54) is 7.11 Å². The summed E-state index contributed by atoms with van der Waals surface area (Å²) in [4.78, 5) is 24.3. The van der Waals surface area contributed by atoms with Gasteiger partial charge in [0.2, 0.25) is 5.91 Å². The fraction of sp³-hybridized carbons (Fsp3) is 0.333. The molecule has 2 aromatic carbocycles. The van der Waals surface area contributed by atoms with Crippen molar-refractivity contribution >= 4 is 27.7 Å². The van der Waals surface area contributed by atoms with Crippen LogP contribution in [0.25, 0.3) is 0 Å². The molecule has 0 heterocycles. The van der Waals surface area contributed by atoms with Crippen molar-refractivity contribution in [1.82, 2.24) is 10.9 Å². The SMILES string of the molecule is COc1ccc(CCC(=O)NNC(=O)c2ccc(OC(C)C)c(OC)c2)cc1Br. The van der Waals surface area contributed by atoms with Gasteiger partial charge in [-0.2, -0.15) is 0 Å². The lowest BCUT2D eigenvalue weighted by Crippen LogP contribution is -2.41. The van der Waals surface area contributed by atoms with E-state index in [9.17, 15) is 9.59 Å². The van der Waals surface area contributed by atoms with E-state index in [0.29, 0.717) is 23.5 Å². The van der Waals surface area contributed by atoms with E-state index in [0.717, 1.165) is 15.8 Å². The van der Waals surface area contributed by atoms with Gasteiger partial charge in [-0.3, -0.25) is 20.4 Å². The number of hydrogen-bond acceptors (Lipinski definition) is 5. The molecule has 0 unspecified atom stereocenters. The zero-order chi connectivity index (χ0) is 21.4. The summed E-state index contributed by atoms with van der Waals surface area (Å²) in [5.74, 6) is 0.985. The van der Waals surface area contributed by atoms with E-state index in [2.05, 4.69) is 26.8 Å². The maximum Gasteiger partial charge on any atom is 0.269 e. The van der Waals surface area contributed by atoms with E-state index in [1.54, 1.807) is 25.3 Å². The van der Waals surface area contributed by atoms with Gasteiger partial charge in [-0.25, -0.2) is 0 Å². The molecule has 0 aromatic heterocycles. The van der Waals surface area contributed by atoms with E-state index >= 15 is 0 Å². The van der Waals surface area contributed by atoms with Crippen LogP contribution < -0.4 is 25.1 Å². The number of hydrogen-bond donors (Lipinski definition) is 2. The molecule has 156 valence electrons. The van der Waals surface area contributed by atoms with Crippen LogP contribution in [0.1, 0.15) is 36.2 Å². The Morgan fingerprint density at radius 3 is 2.28 bits per heavy atom. The fourth-order valence-corrected chi connectivity index (χ4v) is 3.13. The molecule has 0 fully saturated rings. The first-order valence-corrected chi connectivity index (χ1v) is 9.89. The molecule has 29 heavy (non-hydrogen) atoms. The van der Waals surface area contributed by atoms with Crippen LogP contribution in [-0.2, 0) is 11.2 Å². The molecule has 2 aromatic rings. The number of rotatable bonds is 8. The number of aryl methyl sites for hydroxylation is 1. The third-order valence-corrected chi connectivity index (χ3v) is 4.58. The minimum absolute atomic E-state index is 0.0193.